The lowest BCUT2D eigenvalue weighted by Gasteiger charge is -2.33. The van der Waals surface area contributed by atoms with E-state index in [4.69, 9.17) is 4.74 Å². The third-order valence-electron chi connectivity index (χ3n) is 6.24. The van der Waals surface area contributed by atoms with Crippen LogP contribution in [0, 0.1) is 0 Å². The van der Waals surface area contributed by atoms with Gasteiger partial charge in [0.15, 0.2) is 0 Å². The highest BCUT2D eigenvalue weighted by Crippen LogP contribution is 2.29. The largest absolute Gasteiger partial charge is 0.496 e. The van der Waals surface area contributed by atoms with Crippen molar-refractivity contribution in [1.29, 1.82) is 0 Å². The van der Waals surface area contributed by atoms with Crippen LogP contribution >= 0.6 is 0 Å². The Bertz CT molecular complexity index is 1210. The Morgan fingerprint density at radius 3 is 2.60 bits per heavy atom. The molecule has 0 aliphatic carbocycles. The molecule has 3 aromatic rings. The normalized spacial score (nSPS) is 14.7. The number of anilines is 1. The van der Waals surface area contributed by atoms with Gasteiger partial charge in [-0.25, -0.2) is 18.4 Å². The molecule has 1 aliphatic heterocycles. The molecule has 4 rings (SSSR count). The van der Waals surface area contributed by atoms with E-state index in [1.807, 2.05) is 42.5 Å². The van der Waals surface area contributed by atoms with E-state index in [2.05, 4.69) is 32.7 Å². The molecule has 9 heteroatoms. The molecule has 35 heavy (non-hydrogen) atoms. The fourth-order valence-corrected chi connectivity index (χ4v) is 5.54. The fourth-order valence-electron chi connectivity index (χ4n) is 4.41. The Morgan fingerprint density at radius 2 is 1.89 bits per heavy atom. The summed E-state index contributed by atoms with van der Waals surface area (Å²) in [4.78, 5) is 9.04. The van der Waals surface area contributed by atoms with Gasteiger partial charge in [0.05, 0.1) is 19.1 Å². The van der Waals surface area contributed by atoms with E-state index in [1.54, 1.807) is 17.6 Å². The lowest BCUT2D eigenvalue weighted by Crippen LogP contribution is -2.45. The molecule has 1 saturated heterocycles. The van der Waals surface area contributed by atoms with Gasteiger partial charge in [-0.2, -0.15) is 4.31 Å². The number of aromatic nitrogens is 2. The smallest absolute Gasteiger partial charge is 0.223 e. The summed E-state index contributed by atoms with van der Waals surface area (Å²) in [7, 11) is -1.79. The van der Waals surface area contributed by atoms with Crippen LogP contribution in [-0.2, 0) is 23.0 Å². The number of sulfonamides is 1. The standard InChI is InChI=1S/C26H33N5O3S/c1-34-25-9-8-21(18-22(25)19-31(35(2,32)33)23-11-14-27-15-12-23)24-13-17-29-26(30-24)28-16-10-20-6-4-3-5-7-20/h3-9,13,17-18,23,27H,10-12,14-16,19H2,1-2H3,(H,28,29,30). The van der Waals surface area contributed by atoms with Crippen LogP contribution in [-0.4, -0.2) is 61.7 Å². The van der Waals surface area contributed by atoms with Gasteiger partial charge in [-0.15, -0.1) is 0 Å². The van der Waals surface area contributed by atoms with Crippen molar-refractivity contribution in [2.45, 2.75) is 31.8 Å². The summed E-state index contributed by atoms with van der Waals surface area (Å²) in [6.45, 7) is 2.61. The molecule has 2 heterocycles. The van der Waals surface area contributed by atoms with Crippen LogP contribution in [0.5, 0.6) is 5.75 Å². The average Bonchev–Trinajstić information content (AvgIpc) is 2.88. The van der Waals surface area contributed by atoms with Gasteiger partial charge in [-0.1, -0.05) is 30.3 Å². The molecule has 0 atom stereocenters. The summed E-state index contributed by atoms with van der Waals surface area (Å²) in [5, 5.41) is 6.60. The molecule has 186 valence electrons. The molecule has 1 aromatic heterocycles. The van der Waals surface area contributed by atoms with Gasteiger partial charge in [0.1, 0.15) is 5.75 Å². The maximum atomic E-state index is 12.7. The quantitative estimate of drug-likeness (QED) is 0.445. The van der Waals surface area contributed by atoms with Gasteiger partial charge in [-0.3, -0.25) is 0 Å². The zero-order valence-corrected chi connectivity index (χ0v) is 21.1. The van der Waals surface area contributed by atoms with Gasteiger partial charge in [0.25, 0.3) is 0 Å². The molecule has 1 aliphatic rings. The summed E-state index contributed by atoms with van der Waals surface area (Å²) in [6, 6.07) is 17.9. The molecule has 0 bridgehead atoms. The highest BCUT2D eigenvalue weighted by atomic mass is 32.2. The Kier molecular flexibility index (Phi) is 8.33. The molecule has 2 aromatic carbocycles. The van der Waals surface area contributed by atoms with Gasteiger partial charge in [0.2, 0.25) is 16.0 Å². The maximum Gasteiger partial charge on any atom is 0.223 e. The lowest BCUT2D eigenvalue weighted by molar-refractivity contribution is 0.255. The molecule has 0 spiro atoms. The van der Waals surface area contributed by atoms with Crippen LogP contribution < -0.4 is 15.4 Å². The Hall–Kier alpha value is -3.01. The summed E-state index contributed by atoms with van der Waals surface area (Å²) in [6.07, 6.45) is 5.47. The average molecular weight is 496 g/mol. The number of hydrogen-bond donors (Lipinski definition) is 2. The molecule has 0 amide bonds. The van der Waals surface area contributed by atoms with Crippen molar-refractivity contribution in [1.82, 2.24) is 19.6 Å². The summed E-state index contributed by atoms with van der Waals surface area (Å²) in [5.74, 6) is 1.22. The fraction of sp³-hybridized carbons (Fsp3) is 0.385. The highest BCUT2D eigenvalue weighted by Gasteiger charge is 2.29. The third-order valence-corrected chi connectivity index (χ3v) is 7.52. The monoisotopic (exact) mass is 495 g/mol. The summed E-state index contributed by atoms with van der Waals surface area (Å²) < 4.78 is 32.5. The molecule has 1 fully saturated rings. The van der Waals surface area contributed by atoms with E-state index < -0.39 is 10.0 Å². The highest BCUT2D eigenvalue weighted by molar-refractivity contribution is 7.88. The SMILES string of the molecule is COc1ccc(-c2ccnc(NCCc3ccccc3)n2)cc1CN(C1CCNCC1)S(C)(=O)=O. The van der Waals surface area contributed by atoms with E-state index >= 15 is 0 Å². The van der Waals surface area contributed by atoms with Crippen molar-refractivity contribution < 1.29 is 13.2 Å². The Balaban J connectivity index is 1.53. The van der Waals surface area contributed by atoms with E-state index in [9.17, 15) is 8.42 Å². The number of benzene rings is 2. The van der Waals surface area contributed by atoms with Gasteiger partial charge in [0, 0.05) is 36.5 Å². The third kappa shape index (κ3) is 6.78. The zero-order valence-electron chi connectivity index (χ0n) is 20.3. The minimum Gasteiger partial charge on any atom is -0.496 e. The van der Waals surface area contributed by atoms with E-state index in [0.717, 1.165) is 55.7 Å². The first kappa shape index (κ1) is 25.1. The number of nitrogens with one attached hydrogen (secondary N) is 2. The number of hydrogen-bond acceptors (Lipinski definition) is 7. The minimum absolute atomic E-state index is 0.0286. The number of ether oxygens (including phenoxy) is 1. The van der Waals surface area contributed by atoms with Crippen LogP contribution in [0.3, 0.4) is 0 Å². The predicted octanol–water partition coefficient (Wildman–Crippen LogP) is 3.32. The van der Waals surface area contributed by atoms with Gasteiger partial charge in [-0.05, 0) is 62.2 Å². The van der Waals surface area contributed by atoms with Crippen molar-refractivity contribution in [3.05, 3.63) is 71.9 Å². The first-order valence-corrected chi connectivity index (χ1v) is 13.7. The topological polar surface area (TPSA) is 96.4 Å². The van der Waals surface area contributed by atoms with Crippen LogP contribution in [0.15, 0.2) is 60.8 Å². The first-order valence-electron chi connectivity index (χ1n) is 11.9. The first-order chi connectivity index (χ1) is 16.9. The van der Waals surface area contributed by atoms with Crippen molar-refractivity contribution in [2.75, 3.05) is 38.3 Å². The zero-order chi connectivity index (χ0) is 24.7. The number of nitrogens with zero attached hydrogens (tertiary/aromatic N) is 3. The molecule has 8 nitrogen and oxygen atoms in total. The van der Waals surface area contributed by atoms with Crippen molar-refractivity contribution in [3.8, 4) is 17.0 Å². The van der Waals surface area contributed by atoms with Gasteiger partial charge >= 0.3 is 0 Å². The van der Waals surface area contributed by atoms with Gasteiger partial charge < -0.3 is 15.4 Å². The molecular formula is C26H33N5O3S. The number of rotatable bonds is 10. The number of methoxy groups -OCH3 is 1. The minimum atomic E-state index is -3.39. The van der Waals surface area contributed by atoms with Crippen LogP contribution in [0.2, 0.25) is 0 Å². The van der Waals surface area contributed by atoms with Crippen molar-refractivity contribution in [2.24, 2.45) is 0 Å². The second-order valence-corrected chi connectivity index (χ2v) is 10.7. The lowest BCUT2D eigenvalue weighted by atomic mass is 10.0. The van der Waals surface area contributed by atoms with Crippen LogP contribution in [0.25, 0.3) is 11.3 Å². The molecule has 0 radical (unpaired) electrons. The summed E-state index contributed by atoms with van der Waals surface area (Å²) in [5.41, 5.74) is 3.71. The van der Waals surface area contributed by atoms with Crippen LogP contribution in [0.4, 0.5) is 5.95 Å². The van der Waals surface area contributed by atoms with E-state index in [-0.39, 0.29) is 12.6 Å². The van der Waals surface area contributed by atoms with Crippen molar-refractivity contribution in [3.63, 3.8) is 0 Å². The maximum absolute atomic E-state index is 12.7. The Morgan fingerprint density at radius 1 is 1.11 bits per heavy atom. The van der Waals surface area contributed by atoms with Crippen molar-refractivity contribution >= 4 is 16.0 Å². The second kappa shape index (κ2) is 11.6. The van der Waals surface area contributed by atoms with E-state index in [0.29, 0.717) is 11.7 Å². The second-order valence-electron chi connectivity index (χ2n) is 8.74. The molecule has 0 saturated carbocycles. The molecule has 0 unspecified atom stereocenters. The van der Waals surface area contributed by atoms with E-state index in [1.165, 1.54) is 11.8 Å². The predicted molar refractivity (Wildman–Crippen MR) is 139 cm³/mol. The van der Waals surface area contributed by atoms with Crippen LogP contribution in [0.1, 0.15) is 24.0 Å². The summed E-state index contributed by atoms with van der Waals surface area (Å²) >= 11 is 0. The molecule has 2 N–H and O–H groups in total. The molecular weight excluding hydrogens is 462 g/mol. The Labute approximate surface area is 207 Å². The number of piperidine rings is 1.